The van der Waals surface area contributed by atoms with Gasteiger partial charge in [-0.15, -0.1) is 0 Å². The summed E-state index contributed by atoms with van der Waals surface area (Å²) in [7, 11) is 1.83. The van der Waals surface area contributed by atoms with Gasteiger partial charge in [-0.05, 0) is 132 Å². The van der Waals surface area contributed by atoms with Gasteiger partial charge in [0.2, 0.25) is 0 Å². The van der Waals surface area contributed by atoms with Gasteiger partial charge in [-0.2, -0.15) is 0 Å². The lowest BCUT2D eigenvalue weighted by Gasteiger charge is -2.42. The van der Waals surface area contributed by atoms with Crippen molar-refractivity contribution in [1.29, 1.82) is 0 Å². The SMILES string of the molecule is CCC1=C(CCNC2CCN(C[C@@H]3C[C@H](C4CC4)C(C4=CC[C@H](F)CC4)=C(Cl)[C@@H]3C)CC2)N[C@@H](C)C([C@H](C)OC)C1. The first-order valence-corrected chi connectivity index (χ1v) is 17.4. The third kappa shape index (κ3) is 7.62. The van der Waals surface area contributed by atoms with Gasteiger partial charge >= 0.3 is 0 Å². The number of hydrogen-bond donors (Lipinski definition) is 2. The number of likely N-dealkylation sites (tertiary alicyclic amines) is 1. The lowest BCUT2D eigenvalue weighted by molar-refractivity contribution is 0.0500. The van der Waals surface area contributed by atoms with Crippen LogP contribution in [-0.2, 0) is 4.74 Å². The molecule has 0 spiro atoms. The Morgan fingerprint density at radius 1 is 1.17 bits per heavy atom. The molecule has 2 fully saturated rings. The Labute approximate surface area is 254 Å². The second-order valence-corrected chi connectivity index (χ2v) is 14.5. The van der Waals surface area contributed by atoms with Crippen LogP contribution in [0.1, 0.15) is 98.3 Å². The number of halogens is 2. The topological polar surface area (TPSA) is 36.5 Å². The molecule has 2 heterocycles. The summed E-state index contributed by atoms with van der Waals surface area (Å²) < 4.78 is 19.5. The van der Waals surface area contributed by atoms with Crippen LogP contribution in [0.25, 0.3) is 0 Å². The Hall–Kier alpha value is -0.880. The Kier molecular flexibility index (Phi) is 11.0. The molecule has 41 heavy (non-hydrogen) atoms. The molecule has 4 nitrogen and oxygen atoms in total. The van der Waals surface area contributed by atoms with Crippen LogP contribution in [0.3, 0.4) is 0 Å². The normalized spacial score (nSPS) is 35.0. The Morgan fingerprint density at radius 3 is 2.56 bits per heavy atom. The van der Waals surface area contributed by atoms with Gasteiger partial charge in [0.15, 0.2) is 0 Å². The fourth-order valence-corrected chi connectivity index (χ4v) is 8.79. The molecule has 0 bridgehead atoms. The van der Waals surface area contributed by atoms with Crippen LogP contribution < -0.4 is 10.6 Å². The summed E-state index contributed by atoms with van der Waals surface area (Å²) in [5, 5.41) is 8.85. The second-order valence-electron chi connectivity index (χ2n) is 14.0. The van der Waals surface area contributed by atoms with E-state index in [1.807, 2.05) is 7.11 Å². The zero-order valence-corrected chi connectivity index (χ0v) is 27.2. The molecule has 0 aromatic rings. The Bertz CT molecular complexity index is 982. The number of methoxy groups -OCH3 is 1. The van der Waals surface area contributed by atoms with Gasteiger partial charge in [-0.1, -0.05) is 37.1 Å². The first-order chi connectivity index (χ1) is 19.8. The van der Waals surface area contributed by atoms with Gasteiger partial charge in [0, 0.05) is 48.9 Å². The lowest BCUT2D eigenvalue weighted by atomic mass is 9.70. The smallest absolute Gasteiger partial charge is 0.104 e. The van der Waals surface area contributed by atoms with Gasteiger partial charge in [0.05, 0.1) is 6.10 Å². The molecular weight excluding hydrogens is 533 g/mol. The van der Waals surface area contributed by atoms with Crippen LogP contribution in [0.15, 0.2) is 33.5 Å². The first kappa shape index (κ1) is 31.5. The van der Waals surface area contributed by atoms with E-state index >= 15 is 0 Å². The minimum Gasteiger partial charge on any atom is -0.385 e. The number of rotatable bonds is 11. The van der Waals surface area contributed by atoms with Crippen LogP contribution in [0.5, 0.6) is 0 Å². The molecule has 2 N–H and O–H groups in total. The summed E-state index contributed by atoms with van der Waals surface area (Å²) in [6.07, 6.45) is 13.7. The lowest BCUT2D eigenvalue weighted by Crippen LogP contribution is -2.46. The van der Waals surface area contributed by atoms with Gasteiger partial charge in [0.25, 0.3) is 0 Å². The summed E-state index contributed by atoms with van der Waals surface area (Å²) in [5.41, 5.74) is 5.86. The second kappa shape index (κ2) is 14.3. The third-order valence-corrected chi connectivity index (χ3v) is 12.0. The van der Waals surface area contributed by atoms with Crippen molar-refractivity contribution in [3.8, 4) is 0 Å². The monoisotopic (exact) mass is 589 g/mol. The molecule has 0 aromatic heterocycles. The van der Waals surface area contributed by atoms with Crippen molar-refractivity contribution in [2.45, 2.75) is 123 Å². The Balaban J connectivity index is 1.10. The maximum Gasteiger partial charge on any atom is 0.104 e. The molecule has 0 radical (unpaired) electrons. The summed E-state index contributed by atoms with van der Waals surface area (Å²) in [4.78, 5) is 2.71. The third-order valence-electron chi connectivity index (χ3n) is 11.4. The molecule has 0 amide bonds. The quantitative estimate of drug-likeness (QED) is 0.258. The van der Waals surface area contributed by atoms with Crippen LogP contribution in [0, 0.1) is 29.6 Å². The number of ether oxygens (including phenoxy) is 1. The van der Waals surface area contributed by atoms with Gasteiger partial charge in [-0.3, -0.25) is 0 Å². The number of nitrogens with zero attached hydrogens (tertiary/aromatic N) is 1. The minimum atomic E-state index is -0.667. The van der Waals surface area contributed by atoms with Crippen molar-refractivity contribution < 1.29 is 9.13 Å². The minimum absolute atomic E-state index is 0.286. The standard InChI is InChI=1S/C35H57ClFN3O/c1-6-25-19-31(24(4)41-5)23(3)39-33(25)13-16-38-30-14-17-40(18-15-30)21-28-20-32(26-7-8-26)34(35(36)22(28)2)27-9-11-29(37)12-10-27/h9,22-24,26,28-32,38-39H,6-8,10-21H2,1-5H3/t22-,23+,24+,28+,29+,31?,32-/m1/s1. The van der Waals surface area contributed by atoms with E-state index in [2.05, 4.69) is 49.3 Å². The maximum absolute atomic E-state index is 13.9. The zero-order valence-electron chi connectivity index (χ0n) is 26.5. The highest BCUT2D eigenvalue weighted by atomic mass is 35.5. The molecule has 5 rings (SSSR count). The van der Waals surface area contributed by atoms with Gasteiger partial charge in [0.1, 0.15) is 6.17 Å². The molecule has 1 unspecified atom stereocenters. The van der Waals surface area contributed by atoms with E-state index < -0.39 is 6.17 Å². The van der Waals surface area contributed by atoms with Crippen molar-refractivity contribution in [3.63, 3.8) is 0 Å². The van der Waals surface area contributed by atoms with Crippen LogP contribution in [0.4, 0.5) is 4.39 Å². The zero-order chi connectivity index (χ0) is 29.1. The van der Waals surface area contributed by atoms with E-state index in [0.717, 1.165) is 43.2 Å². The molecule has 6 heteroatoms. The molecule has 7 atom stereocenters. The van der Waals surface area contributed by atoms with Crippen molar-refractivity contribution in [1.82, 2.24) is 15.5 Å². The van der Waals surface area contributed by atoms with Crippen LogP contribution in [0.2, 0.25) is 0 Å². The number of hydrogen-bond acceptors (Lipinski definition) is 4. The molecule has 2 aliphatic heterocycles. The van der Waals surface area contributed by atoms with Crippen LogP contribution >= 0.6 is 11.6 Å². The largest absolute Gasteiger partial charge is 0.385 e. The molecule has 1 saturated carbocycles. The number of piperidine rings is 1. The number of nitrogens with one attached hydrogen (secondary N) is 2. The fraction of sp³-hybridized carbons (Fsp3) is 0.829. The summed E-state index contributed by atoms with van der Waals surface area (Å²) in [6.45, 7) is 13.7. The summed E-state index contributed by atoms with van der Waals surface area (Å²) >= 11 is 7.19. The van der Waals surface area contributed by atoms with E-state index in [1.165, 1.54) is 68.6 Å². The molecule has 1 saturated heterocycles. The highest BCUT2D eigenvalue weighted by molar-refractivity contribution is 6.30. The molecular formula is C35H57ClFN3O. The predicted molar refractivity (Wildman–Crippen MR) is 170 cm³/mol. The van der Waals surface area contributed by atoms with E-state index in [1.54, 1.807) is 5.57 Å². The number of allylic oxidation sites excluding steroid dienone is 5. The van der Waals surface area contributed by atoms with Crippen LogP contribution in [-0.4, -0.2) is 62.5 Å². The highest BCUT2D eigenvalue weighted by Gasteiger charge is 2.43. The first-order valence-electron chi connectivity index (χ1n) is 17.0. The van der Waals surface area contributed by atoms with Crippen molar-refractivity contribution in [2.24, 2.45) is 29.6 Å². The Morgan fingerprint density at radius 2 is 1.93 bits per heavy atom. The van der Waals surface area contributed by atoms with Crippen molar-refractivity contribution in [2.75, 3.05) is 33.3 Å². The molecule has 3 aliphatic carbocycles. The van der Waals surface area contributed by atoms with Gasteiger partial charge < -0.3 is 20.3 Å². The average molecular weight is 590 g/mol. The molecule has 5 aliphatic rings. The number of alkyl halides is 1. The summed E-state index contributed by atoms with van der Waals surface area (Å²) in [6, 6.07) is 1.08. The van der Waals surface area contributed by atoms with E-state index in [4.69, 9.17) is 16.3 Å². The maximum atomic E-state index is 13.9. The molecule has 0 aromatic carbocycles. The fourth-order valence-electron chi connectivity index (χ4n) is 8.35. The highest BCUT2D eigenvalue weighted by Crippen LogP contribution is 2.53. The van der Waals surface area contributed by atoms with Crippen molar-refractivity contribution >= 4 is 11.6 Å². The van der Waals surface area contributed by atoms with E-state index in [0.29, 0.717) is 48.6 Å². The van der Waals surface area contributed by atoms with E-state index in [9.17, 15) is 4.39 Å². The van der Waals surface area contributed by atoms with Gasteiger partial charge in [-0.25, -0.2) is 4.39 Å². The van der Waals surface area contributed by atoms with E-state index in [-0.39, 0.29) is 6.10 Å². The molecule has 232 valence electrons. The average Bonchev–Trinajstić information content (AvgIpc) is 3.82. The predicted octanol–water partition coefficient (Wildman–Crippen LogP) is 7.75. The summed E-state index contributed by atoms with van der Waals surface area (Å²) in [5.74, 6) is 2.97. The van der Waals surface area contributed by atoms with Crippen molar-refractivity contribution in [3.05, 3.63) is 33.5 Å².